The standard InChI is InChI=1S/C21H14F3N3O5S/c22-21(23,24)15-7-4-8-16(11-15)26(25-12-14-5-2-1-3-6-14)18(28)13-32-20(29)17-9-10-19(33-17)27(30)31/h1-12H,13H2. The Hall–Kier alpha value is -4.06. The van der Waals surface area contributed by atoms with Gasteiger partial charge in [0.1, 0.15) is 4.88 Å². The van der Waals surface area contributed by atoms with Crippen molar-refractivity contribution < 1.29 is 32.4 Å². The predicted octanol–water partition coefficient (Wildman–Crippen LogP) is 4.90. The van der Waals surface area contributed by atoms with Gasteiger partial charge in [-0.1, -0.05) is 47.7 Å². The van der Waals surface area contributed by atoms with Crippen molar-refractivity contribution in [2.75, 3.05) is 11.6 Å². The number of thiophene rings is 1. The average molecular weight is 477 g/mol. The Morgan fingerprint density at radius 1 is 1.09 bits per heavy atom. The van der Waals surface area contributed by atoms with Crippen LogP contribution in [0.5, 0.6) is 0 Å². The average Bonchev–Trinajstić information content (AvgIpc) is 3.29. The van der Waals surface area contributed by atoms with E-state index in [0.29, 0.717) is 21.9 Å². The minimum absolute atomic E-state index is 0.104. The Bertz CT molecular complexity index is 1200. The van der Waals surface area contributed by atoms with Crippen LogP contribution < -0.4 is 5.01 Å². The van der Waals surface area contributed by atoms with Crippen LogP contribution in [0.25, 0.3) is 0 Å². The number of esters is 1. The molecule has 3 rings (SSSR count). The molecular weight excluding hydrogens is 463 g/mol. The van der Waals surface area contributed by atoms with E-state index in [-0.39, 0.29) is 15.6 Å². The fourth-order valence-electron chi connectivity index (χ4n) is 2.55. The van der Waals surface area contributed by atoms with Gasteiger partial charge in [0.15, 0.2) is 6.61 Å². The largest absolute Gasteiger partial charge is 0.451 e. The number of rotatable bonds is 7. The zero-order chi connectivity index (χ0) is 24.0. The highest BCUT2D eigenvalue weighted by molar-refractivity contribution is 7.17. The number of hydrazone groups is 1. The molecule has 0 saturated carbocycles. The highest BCUT2D eigenvalue weighted by Gasteiger charge is 2.31. The van der Waals surface area contributed by atoms with E-state index < -0.39 is 35.1 Å². The third-order valence-electron chi connectivity index (χ3n) is 4.08. The fourth-order valence-corrected chi connectivity index (χ4v) is 3.26. The molecule has 2 aromatic carbocycles. The molecule has 170 valence electrons. The summed E-state index contributed by atoms with van der Waals surface area (Å²) >= 11 is 0.565. The number of anilines is 1. The van der Waals surface area contributed by atoms with E-state index in [2.05, 4.69) is 5.10 Å². The van der Waals surface area contributed by atoms with Gasteiger partial charge in [0.05, 0.1) is 22.4 Å². The fraction of sp³-hybridized carbons (Fsp3) is 0.0952. The first-order valence-electron chi connectivity index (χ1n) is 9.16. The van der Waals surface area contributed by atoms with Crippen LogP contribution in [0.1, 0.15) is 20.8 Å². The molecule has 33 heavy (non-hydrogen) atoms. The number of hydrogen-bond acceptors (Lipinski definition) is 7. The van der Waals surface area contributed by atoms with Crippen LogP contribution in [0.4, 0.5) is 23.9 Å². The first-order chi connectivity index (χ1) is 15.6. The molecule has 0 bridgehead atoms. The topological polar surface area (TPSA) is 102 Å². The minimum Gasteiger partial charge on any atom is -0.451 e. The summed E-state index contributed by atoms with van der Waals surface area (Å²) in [6, 6.07) is 14.7. The number of alkyl halides is 3. The lowest BCUT2D eigenvalue weighted by Gasteiger charge is -2.18. The Morgan fingerprint density at radius 2 is 1.82 bits per heavy atom. The normalized spacial score (nSPS) is 11.4. The predicted molar refractivity (Wildman–Crippen MR) is 114 cm³/mol. The molecule has 1 amide bonds. The molecule has 3 aromatic rings. The summed E-state index contributed by atoms with van der Waals surface area (Å²) in [7, 11) is 0. The van der Waals surface area contributed by atoms with E-state index in [1.165, 1.54) is 18.3 Å². The van der Waals surface area contributed by atoms with Gasteiger partial charge < -0.3 is 4.74 Å². The number of ether oxygens (including phenoxy) is 1. The van der Waals surface area contributed by atoms with E-state index >= 15 is 0 Å². The Morgan fingerprint density at radius 3 is 2.45 bits per heavy atom. The maximum Gasteiger partial charge on any atom is 0.416 e. The van der Waals surface area contributed by atoms with Gasteiger partial charge in [-0.05, 0) is 29.8 Å². The third kappa shape index (κ3) is 6.23. The van der Waals surface area contributed by atoms with Gasteiger partial charge in [-0.15, -0.1) is 0 Å². The Labute approximate surface area is 188 Å². The van der Waals surface area contributed by atoms with Gasteiger partial charge in [-0.3, -0.25) is 14.9 Å². The molecule has 8 nitrogen and oxygen atoms in total. The number of carbonyl (C=O) groups is 2. The van der Waals surface area contributed by atoms with Crippen molar-refractivity contribution in [3.8, 4) is 0 Å². The van der Waals surface area contributed by atoms with Crippen molar-refractivity contribution in [3.05, 3.63) is 92.8 Å². The second-order valence-corrected chi connectivity index (χ2v) is 7.44. The molecule has 1 heterocycles. The number of nitro groups is 1. The molecule has 0 radical (unpaired) electrons. The zero-order valence-corrected chi connectivity index (χ0v) is 17.4. The van der Waals surface area contributed by atoms with Crippen molar-refractivity contribution in [2.45, 2.75) is 6.18 Å². The van der Waals surface area contributed by atoms with Gasteiger partial charge in [0.25, 0.3) is 5.91 Å². The monoisotopic (exact) mass is 477 g/mol. The third-order valence-corrected chi connectivity index (χ3v) is 5.09. The van der Waals surface area contributed by atoms with E-state index in [0.717, 1.165) is 24.3 Å². The number of benzene rings is 2. The quantitative estimate of drug-likeness (QED) is 0.209. The Balaban J connectivity index is 1.82. The molecule has 0 aliphatic rings. The first-order valence-corrected chi connectivity index (χ1v) is 9.97. The zero-order valence-electron chi connectivity index (χ0n) is 16.6. The smallest absolute Gasteiger partial charge is 0.416 e. The number of hydrogen-bond donors (Lipinski definition) is 0. The number of halogens is 3. The molecule has 0 fully saturated rings. The summed E-state index contributed by atoms with van der Waals surface area (Å²) in [5.41, 5.74) is -0.606. The molecule has 0 spiro atoms. The molecule has 0 aliphatic heterocycles. The lowest BCUT2D eigenvalue weighted by Crippen LogP contribution is -2.30. The highest BCUT2D eigenvalue weighted by Crippen LogP contribution is 2.32. The molecular formula is C21H14F3N3O5S. The van der Waals surface area contributed by atoms with Crippen LogP contribution in [0.2, 0.25) is 0 Å². The SMILES string of the molecule is O=C(OCC(=O)N(N=Cc1ccccc1)c1cccc(C(F)(F)F)c1)c1ccc([N+](=O)[O-])s1. The van der Waals surface area contributed by atoms with Gasteiger partial charge in [0.2, 0.25) is 0 Å². The molecule has 0 atom stereocenters. The number of amides is 1. The minimum atomic E-state index is -4.64. The van der Waals surface area contributed by atoms with Gasteiger partial charge in [-0.2, -0.15) is 23.3 Å². The van der Waals surface area contributed by atoms with Crippen LogP contribution >= 0.6 is 11.3 Å². The summed E-state index contributed by atoms with van der Waals surface area (Å²) in [5.74, 6) is -1.92. The number of nitrogens with zero attached hydrogens (tertiary/aromatic N) is 3. The summed E-state index contributed by atoms with van der Waals surface area (Å²) < 4.78 is 44.3. The van der Waals surface area contributed by atoms with Crippen molar-refractivity contribution in [1.29, 1.82) is 0 Å². The molecule has 0 aliphatic carbocycles. The van der Waals surface area contributed by atoms with Crippen LogP contribution in [-0.4, -0.2) is 29.6 Å². The van der Waals surface area contributed by atoms with Crippen LogP contribution in [0.15, 0.2) is 71.8 Å². The maximum atomic E-state index is 13.1. The molecule has 12 heteroatoms. The Kier molecular flexibility index (Phi) is 7.18. The molecule has 0 saturated heterocycles. The second kappa shape index (κ2) is 10.0. The molecule has 0 unspecified atom stereocenters. The molecule has 0 N–H and O–H groups in total. The first kappa shape index (κ1) is 23.6. The van der Waals surface area contributed by atoms with Crippen molar-refractivity contribution in [2.24, 2.45) is 5.10 Å². The lowest BCUT2D eigenvalue weighted by molar-refractivity contribution is -0.380. The summed E-state index contributed by atoms with van der Waals surface area (Å²) in [4.78, 5) is 34.8. The highest BCUT2D eigenvalue weighted by atomic mass is 32.1. The molecule has 1 aromatic heterocycles. The van der Waals surface area contributed by atoms with Crippen molar-refractivity contribution >= 4 is 40.1 Å². The van der Waals surface area contributed by atoms with Crippen LogP contribution in [0, 0.1) is 10.1 Å². The van der Waals surface area contributed by atoms with Gasteiger partial charge >= 0.3 is 17.1 Å². The van der Waals surface area contributed by atoms with E-state index in [4.69, 9.17) is 4.74 Å². The summed E-state index contributed by atoms with van der Waals surface area (Å²) in [6.45, 7) is -0.854. The second-order valence-electron chi connectivity index (χ2n) is 6.38. The van der Waals surface area contributed by atoms with Gasteiger partial charge in [-0.25, -0.2) is 4.79 Å². The van der Waals surface area contributed by atoms with Gasteiger partial charge in [0, 0.05) is 6.07 Å². The van der Waals surface area contributed by atoms with Crippen molar-refractivity contribution in [3.63, 3.8) is 0 Å². The van der Waals surface area contributed by atoms with E-state index in [9.17, 15) is 32.9 Å². The van der Waals surface area contributed by atoms with Crippen LogP contribution in [0.3, 0.4) is 0 Å². The number of carbonyl (C=O) groups excluding carboxylic acids is 2. The van der Waals surface area contributed by atoms with Crippen LogP contribution in [-0.2, 0) is 15.7 Å². The lowest BCUT2D eigenvalue weighted by atomic mass is 10.2. The van der Waals surface area contributed by atoms with E-state index in [1.54, 1.807) is 30.3 Å². The summed E-state index contributed by atoms with van der Waals surface area (Å²) in [6.07, 6.45) is -3.38. The summed E-state index contributed by atoms with van der Waals surface area (Å²) in [5, 5.41) is 15.1. The van der Waals surface area contributed by atoms with E-state index in [1.807, 2.05) is 0 Å². The van der Waals surface area contributed by atoms with Crippen molar-refractivity contribution in [1.82, 2.24) is 0 Å². The maximum absolute atomic E-state index is 13.1.